The van der Waals surface area contributed by atoms with E-state index in [1.165, 1.54) is 21.3 Å². The van der Waals surface area contributed by atoms with E-state index < -0.39 is 11.4 Å². The van der Waals surface area contributed by atoms with Crippen LogP contribution in [0.4, 0.5) is 9.18 Å². The average Bonchev–Trinajstić information content (AvgIpc) is 3.29. The Labute approximate surface area is 249 Å². The molecule has 2 aromatic heterocycles. The Kier molecular flexibility index (Phi) is 8.14. The van der Waals surface area contributed by atoms with Gasteiger partial charge in [-0.1, -0.05) is 17.7 Å². The highest BCUT2D eigenvalue weighted by Gasteiger charge is 2.29. The molecule has 220 valence electrons. The molecule has 0 spiro atoms. The molecule has 0 bridgehead atoms. The summed E-state index contributed by atoms with van der Waals surface area (Å²) in [6.45, 7) is 6.68. The number of hydrogen-bond donors (Lipinski definition) is 0. The summed E-state index contributed by atoms with van der Waals surface area (Å²) in [5.74, 6) is 0.0543. The van der Waals surface area contributed by atoms with E-state index in [1.807, 2.05) is 32.9 Å². The third-order valence-corrected chi connectivity index (χ3v) is 7.61. The van der Waals surface area contributed by atoms with Crippen LogP contribution in [0, 0.1) is 5.82 Å². The lowest BCUT2D eigenvalue weighted by molar-refractivity contribution is 0.0197. The van der Waals surface area contributed by atoms with Gasteiger partial charge in [0.1, 0.15) is 17.2 Å². The van der Waals surface area contributed by atoms with E-state index in [-0.39, 0.29) is 17.7 Å². The zero-order valence-electron chi connectivity index (χ0n) is 24.4. The molecule has 1 aliphatic heterocycles. The first-order valence-electron chi connectivity index (χ1n) is 13.8. The van der Waals surface area contributed by atoms with Crippen molar-refractivity contribution in [2.24, 2.45) is 7.05 Å². The van der Waals surface area contributed by atoms with Gasteiger partial charge in [-0.3, -0.25) is 9.55 Å². The first-order chi connectivity index (χ1) is 19.9. The van der Waals surface area contributed by atoms with E-state index in [4.69, 9.17) is 21.1 Å². The highest BCUT2D eigenvalue weighted by molar-refractivity contribution is 6.32. The normalized spacial score (nSPS) is 15.5. The third-order valence-electron chi connectivity index (χ3n) is 7.31. The van der Waals surface area contributed by atoms with Crippen LogP contribution < -0.4 is 10.4 Å². The van der Waals surface area contributed by atoms with Crippen molar-refractivity contribution >= 4 is 17.7 Å². The van der Waals surface area contributed by atoms with Gasteiger partial charge in [-0.2, -0.15) is 0 Å². The van der Waals surface area contributed by atoms with Crippen molar-refractivity contribution in [3.63, 3.8) is 0 Å². The number of benzene rings is 2. The number of nitrogens with zero attached hydrogens (tertiary/aromatic N) is 4. The lowest BCUT2D eigenvalue weighted by atomic mass is 9.91. The number of methoxy groups -OCH3 is 1. The van der Waals surface area contributed by atoms with E-state index >= 15 is 4.39 Å². The van der Waals surface area contributed by atoms with Gasteiger partial charge in [0.25, 0.3) is 0 Å². The van der Waals surface area contributed by atoms with Gasteiger partial charge in [0, 0.05) is 61.5 Å². The van der Waals surface area contributed by atoms with E-state index in [1.54, 1.807) is 55.8 Å². The summed E-state index contributed by atoms with van der Waals surface area (Å²) in [4.78, 5) is 31.5. The minimum atomic E-state index is -0.572. The topological polar surface area (TPSA) is 78.6 Å². The summed E-state index contributed by atoms with van der Waals surface area (Å²) >= 11 is 6.61. The fourth-order valence-electron chi connectivity index (χ4n) is 5.31. The Balaban J connectivity index is 1.48. The molecule has 4 aromatic rings. The van der Waals surface area contributed by atoms with Gasteiger partial charge >= 0.3 is 11.8 Å². The van der Waals surface area contributed by atoms with Crippen molar-refractivity contribution in [2.75, 3.05) is 20.2 Å². The molecule has 2 aromatic carbocycles. The summed E-state index contributed by atoms with van der Waals surface area (Å²) in [6, 6.07) is 11.8. The van der Waals surface area contributed by atoms with Crippen LogP contribution in [0.25, 0.3) is 27.9 Å². The molecule has 42 heavy (non-hydrogen) atoms. The lowest BCUT2D eigenvalue weighted by Gasteiger charge is -2.34. The molecule has 0 saturated carbocycles. The number of aromatic nitrogens is 3. The molecule has 1 aliphatic rings. The number of pyridine rings is 1. The first-order valence-corrected chi connectivity index (χ1v) is 14.2. The van der Waals surface area contributed by atoms with Crippen LogP contribution in [-0.4, -0.2) is 50.9 Å². The Morgan fingerprint density at radius 1 is 1.07 bits per heavy atom. The van der Waals surface area contributed by atoms with Crippen LogP contribution in [0.3, 0.4) is 0 Å². The molecule has 0 N–H and O–H groups in total. The summed E-state index contributed by atoms with van der Waals surface area (Å²) in [5, 5.41) is 0.340. The predicted molar refractivity (Wildman–Crippen MR) is 161 cm³/mol. The number of ether oxygens (including phenoxy) is 2. The third kappa shape index (κ3) is 6.06. The quantitative estimate of drug-likeness (QED) is 0.254. The van der Waals surface area contributed by atoms with E-state index in [0.29, 0.717) is 46.2 Å². The largest absolute Gasteiger partial charge is 0.495 e. The summed E-state index contributed by atoms with van der Waals surface area (Å²) < 4.78 is 29.5. The van der Waals surface area contributed by atoms with Gasteiger partial charge < -0.3 is 18.9 Å². The number of imidazole rings is 1. The molecule has 1 fully saturated rings. The Bertz CT molecular complexity index is 1690. The molecule has 3 heterocycles. The second-order valence-electron chi connectivity index (χ2n) is 11.5. The number of halogens is 2. The number of amides is 1. The monoisotopic (exact) mass is 592 g/mol. The molecule has 0 aliphatic carbocycles. The minimum Gasteiger partial charge on any atom is -0.495 e. The number of rotatable bonds is 5. The van der Waals surface area contributed by atoms with Crippen molar-refractivity contribution in [2.45, 2.75) is 45.1 Å². The smallest absolute Gasteiger partial charge is 0.410 e. The summed E-state index contributed by atoms with van der Waals surface area (Å²) in [6.07, 6.45) is 6.36. The highest BCUT2D eigenvalue weighted by atomic mass is 35.5. The zero-order valence-corrected chi connectivity index (χ0v) is 25.1. The van der Waals surface area contributed by atoms with Crippen molar-refractivity contribution in [3.05, 3.63) is 88.1 Å². The maximum atomic E-state index is 15.1. The van der Waals surface area contributed by atoms with Crippen LogP contribution in [0.1, 0.15) is 45.2 Å². The second-order valence-corrected chi connectivity index (χ2v) is 11.9. The van der Waals surface area contributed by atoms with Crippen LogP contribution in [0.5, 0.6) is 5.75 Å². The van der Waals surface area contributed by atoms with Gasteiger partial charge in [0.2, 0.25) is 0 Å². The number of piperidine rings is 1. The molecular formula is C32H34ClFN4O4. The fourth-order valence-corrected chi connectivity index (χ4v) is 5.58. The fraction of sp³-hybridized carbons (Fsp3) is 0.344. The minimum absolute atomic E-state index is 0.0120. The van der Waals surface area contributed by atoms with Gasteiger partial charge in [0.05, 0.1) is 17.8 Å². The number of carbonyl (C=O) groups excluding carboxylic acids is 1. The predicted octanol–water partition coefficient (Wildman–Crippen LogP) is 6.82. The van der Waals surface area contributed by atoms with Crippen LogP contribution in [0.2, 0.25) is 5.02 Å². The van der Waals surface area contributed by atoms with Crippen LogP contribution in [-0.2, 0) is 11.8 Å². The van der Waals surface area contributed by atoms with Gasteiger partial charge in [0.15, 0.2) is 0 Å². The number of hydrogen-bond acceptors (Lipinski definition) is 5. The molecule has 8 nitrogen and oxygen atoms in total. The second kappa shape index (κ2) is 11.6. The Hall–Kier alpha value is -4.11. The van der Waals surface area contributed by atoms with E-state index in [0.717, 1.165) is 24.1 Å². The van der Waals surface area contributed by atoms with Crippen molar-refractivity contribution < 1.29 is 18.7 Å². The zero-order chi connectivity index (χ0) is 30.2. The number of aryl methyl sites for hydroxylation is 1. The molecule has 5 rings (SSSR count). The molecule has 1 amide bonds. The Morgan fingerprint density at radius 3 is 2.40 bits per heavy atom. The molecule has 1 unspecified atom stereocenters. The molecule has 1 atom stereocenters. The first kappa shape index (κ1) is 29.4. The molecule has 1 saturated heterocycles. The Morgan fingerprint density at radius 2 is 1.79 bits per heavy atom. The van der Waals surface area contributed by atoms with Gasteiger partial charge in [-0.05, 0) is 81.1 Å². The van der Waals surface area contributed by atoms with Crippen molar-refractivity contribution in [3.8, 4) is 33.7 Å². The summed E-state index contributed by atoms with van der Waals surface area (Å²) in [5.41, 5.74) is 3.01. The molecule has 10 heteroatoms. The number of carbonyl (C=O) groups is 1. The number of likely N-dealkylation sites (tertiary alicyclic amines) is 1. The molecular weight excluding hydrogens is 559 g/mol. The maximum absolute atomic E-state index is 15.1. The lowest BCUT2D eigenvalue weighted by Crippen LogP contribution is -2.42. The average molecular weight is 593 g/mol. The van der Waals surface area contributed by atoms with E-state index in [2.05, 4.69) is 4.98 Å². The standard InChI is InChI=1S/C32H34ClFN4O4/c1-32(2,3)42-31(40)37-12-6-7-22(19-37)27-16-21(10-11-35-27)25-18-23(34)17-24(29(25)41-5)20-8-9-28(26(33)15-20)38-14-13-36(4)30(38)39/h8-11,13-18,22H,6-7,12,19H2,1-5H3. The van der Waals surface area contributed by atoms with Crippen molar-refractivity contribution in [1.82, 2.24) is 19.0 Å². The highest BCUT2D eigenvalue weighted by Crippen LogP contribution is 2.42. The SMILES string of the molecule is COc1c(-c2ccnc(C3CCCN(C(=O)OC(C)(C)C)C3)c2)cc(F)cc1-c1ccc(-n2ccn(C)c2=O)c(Cl)c1. The van der Waals surface area contributed by atoms with E-state index in [9.17, 15) is 9.59 Å². The van der Waals surface area contributed by atoms with Crippen LogP contribution >= 0.6 is 11.6 Å². The molecule has 0 radical (unpaired) electrons. The van der Waals surface area contributed by atoms with Crippen LogP contribution in [0.15, 0.2) is 65.8 Å². The van der Waals surface area contributed by atoms with Crippen molar-refractivity contribution in [1.29, 1.82) is 0 Å². The maximum Gasteiger partial charge on any atom is 0.410 e. The summed E-state index contributed by atoms with van der Waals surface area (Å²) in [7, 11) is 3.21. The van der Waals surface area contributed by atoms with Gasteiger partial charge in [-0.15, -0.1) is 0 Å². The van der Waals surface area contributed by atoms with Gasteiger partial charge in [-0.25, -0.2) is 14.0 Å².